The Hall–Kier alpha value is -2.93. The van der Waals surface area contributed by atoms with Gasteiger partial charge in [-0.05, 0) is 56.2 Å². The number of nitrogens with zero attached hydrogens (tertiary/aromatic N) is 1. The fourth-order valence-electron chi connectivity index (χ4n) is 3.77. The first-order chi connectivity index (χ1) is 15.5. The molecule has 172 valence electrons. The Morgan fingerprint density at radius 3 is 2.75 bits per heavy atom. The first-order valence-electron chi connectivity index (χ1n) is 11.4. The summed E-state index contributed by atoms with van der Waals surface area (Å²) in [5, 5.41) is 15.4. The average Bonchev–Trinajstić information content (AvgIpc) is 2.82. The summed E-state index contributed by atoms with van der Waals surface area (Å²) in [7, 11) is 0. The van der Waals surface area contributed by atoms with Crippen LogP contribution in [0, 0.1) is 0 Å². The number of carbonyl (C=O) groups is 2. The van der Waals surface area contributed by atoms with Crippen LogP contribution in [0.25, 0.3) is 0 Å². The third-order valence-electron chi connectivity index (χ3n) is 5.78. The molecule has 0 aliphatic carbocycles. The Kier molecular flexibility index (Phi) is 9.04. The minimum absolute atomic E-state index is 0.237. The number of amides is 1. The number of benzene rings is 1. The van der Waals surface area contributed by atoms with Crippen molar-refractivity contribution < 1.29 is 19.4 Å². The Labute approximate surface area is 189 Å². The standard InChI is InChI=1S/C25H33N3O4/c1-18(19-8-3-2-4-9-19)24(29)28-22(25(30)31)14-17-32-16-6-5-11-21-13-12-20-10-7-15-26-23(20)27-21/h2-4,8-9,12-13,18,22H,5-7,10-11,14-17H2,1H3,(H,26,27)(H,28,29)(H,30,31). The number of carbonyl (C=O) groups excluding carboxylic acids is 1. The Bertz CT molecular complexity index is 888. The molecule has 1 aliphatic heterocycles. The van der Waals surface area contributed by atoms with Crippen LogP contribution in [0.1, 0.15) is 55.3 Å². The fraction of sp³-hybridized carbons (Fsp3) is 0.480. The maximum absolute atomic E-state index is 12.4. The van der Waals surface area contributed by atoms with Crippen molar-refractivity contribution in [2.75, 3.05) is 25.1 Å². The fourth-order valence-corrected chi connectivity index (χ4v) is 3.77. The number of hydrogen-bond acceptors (Lipinski definition) is 5. The summed E-state index contributed by atoms with van der Waals surface area (Å²) < 4.78 is 5.62. The highest BCUT2D eigenvalue weighted by atomic mass is 16.5. The van der Waals surface area contributed by atoms with Gasteiger partial charge in [0.15, 0.2) is 0 Å². The van der Waals surface area contributed by atoms with E-state index in [9.17, 15) is 14.7 Å². The van der Waals surface area contributed by atoms with Crippen LogP contribution in [0.15, 0.2) is 42.5 Å². The summed E-state index contributed by atoms with van der Waals surface area (Å²) in [4.78, 5) is 28.7. The van der Waals surface area contributed by atoms with Gasteiger partial charge in [0.25, 0.3) is 0 Å². The Morgan fingerprint density at radius 1 is 1.16 bits per heavy atom. The van der Waals surface area contributed by atoms with E-state index < -0.39 is 17.9 Å². The molecular formula is C25H33N3O4. The van der Waals surface area contributed by atoms with Crippen molar-refractivity contribution in [3.63, 3.8) is 0 Å². The molecule has 1 aliphatic rings. The topological polar surface area (TPSA) is 101 Å². The van der Waals surface area contributed by atoms with Crippen molar-refractivity contribution in [2.45, 2.75) is 57.4 Å². The molecule has 1 aromatic carbocycles. The molecule has 2 aromatic rings. The number of hydrogen-bond donors (Lipinski definition) is 3. The quantitative estimate of drug-likeness (QED) is 0.438. The number of aromatic nitrogens is 1. The van der Waals surface area contributed by atoms with E-state index in [0.29, 0.717) is 6.61 Å². The number of carboxylic acids is 1. The van der Waals surface area contributed by atoms with Gasteiger partial charge in [-0.25, -0.2) is 9.78 Å². The van der Waals surface area contributed by atoms with Crippen LogP contribution >= 0.6 is 0 Å². The molecule has 2 atom stereocenters. The molecule has 0 spiro atoms. The maximum Gasteiger partial charge on any atom is 0.326 e. The Morgan fingerprint density at radius 2 is 1.97 bits per heavy atom. The molecule has 2 unspecified atom stereocenters. The van der Waals surface area contributed by atoms with Crippen LogP contribution in [0.2, 0.25) is 0 Å². The molecule has 32 heavy (non-hydrogen) atoms. The van der Waals surface area contributed by atoms with E-state index in [4.69, 9.17) is 9.72 Å². The third-order valence-corrected chi connectivity index (χ3v) is 5.78. The molecule has 0 bridgehead atoms. The van der Waals surface area contributed by atoms with Crippen LogP contribution in [0.3, 0.4) is 0 Å². The van der Waals surface area contributed by atoms with Crippen molar-refractivity contribution >= 4 is 17.7 Å². The number of anilines is 1. The highest BCUT2D eigenvalue weighted by Gasteiger charge is 2.23. The summed E-state index contributed by atoms with van der Waals surface area (Å²) in [6, 6.07) is 12.6. The van der Waals surface area contributed by atoms with Gasteiger partial charge in [0.1, 0.15) is 11.9 Å². The molecule has 1 aromatic heterocycles. The van der Waals surface area contributed by atoms with Gasteiger partial charge >= 0.3 is 5.97 Å². The zero-order valence-corrected chi connectivity index (χ0v) is 18.7. The maximum atomic E-state index is 12.4. The lowest BCUT2D eigenvalue weighted by Gasteiger charge is -2.18. The summed E-state index contributed by atoms with van der Waals surface area (Å²) in [6.45, 7) is 3.61. The van der Waals surface area contributed by atoms with E-state index in [0.717, 1.165) is 55.7 Å². The van der Waals surface area contributed by atoms with Crippen LogP contribution in [-0.2, 0) is 27.2 Å². The first-order valence-corrected chi connectivity index (χ1v) is 11.4. The number of aryl methyl sites for hydroxylation is 2. The summed E-state index contributed by atoms with van der Waals surface area (Å²) in [5.74, 6) is -0.732. The van der Waals surface area contributed by atoms with Crippen LogP contribution in [0.5, 0.6) is 0 Å². The molecule has 7 heteroatoms. The number of rotatable bonds is 12. The normalized spacial score (nSPS) is 14.7. The zero-order chi connectivity index (χ0) is 22.8. The van der Waals surface area contributed by atoms with Crippen molar-refractivity contribution in [2.24, 2.45) is 0 Å². The van der Waals surface area contributed by atoms with E-state index in [1.165, 1.54) is 5.56 Å². The first kappa shape index (κ1) is 23.7. The van der Waals surface area contributed by atoms with Gasteiger partial charge in [-0.3, -0.25) is 4.79 Å². The summed E-state index contributed by atoms with van der Waals surface area (Å²) in [5.41, 5.74) is 3.23. The Balaban J connectivity index is 1.32. The predicted molar refractivity (Wildman–Crippen MR) is 124 cm³/mol. The molecule has 0 fully saturated rings. The van der Waals surface area contributed by atoms with E-state index >= 15 is 0 Å². The minimum atomic E-state index is -1.05. The van der Waals surface area contributed by atoms with Crippen molar-refractivity contribution in [3.05, 3.63) is 59.3 Å². The monoisotopic (exact) mass is 439 g/mol. The smallest absolute Gasteiger partial charge is 0.326 e. The number of pyridine rings is 1. The summed E-state index contributed by atoms with van der Waals surface area (Å²) >= 11 is 0. The summed E-state index contributed by atoms with van der Waals surface area (Å²) in [6.07, 6.45) is 5.21. The highest BCUT2D eigenvalue weighted by molar-refractivity contribution is 5.87. The van der Waals surface area contributed by atoms with Crippen LogP contribution < -0.4 is 10.6 Å². The predicted octanol–water partition coefficient (Wildman–Crippen LogP) is 3.54. The lowest BCUT2D eigenvalue weighted by molar-refractivity contribution is -0.142. The van der Waals surface area contributed by atoms with E-state index in [1.807, 2.05) is 30.3 Å². The largest absolute Gasteiger partial charge is 0.480 e. The second-order valence-electron chi connectivity index (χ2n) is 8.23. The van der Waals surface area contributed by atoms with Crippen molar-refractivity contribution in [1.82, 2.24) is 10.3 Å². The van der Waals surface area contributed by atoms with Crippen LogP contribution in [-0.4, -0.2) is 47.8 Å². The number of carboxylic acid groups (broad SMARTS) is 1. The molecule has 1 amide bonds. The number of unbranched alkanes of at least 4 members (excludes halogenated alkanes) is 1. The van der Waals surface area contributed by atoms with E-state index in [1.54, 1.807) is 6.92 Å². The number of ether oxygens (including phenoxy) is 1. The lowest BCUT2D eigenvalue weighted by Crippen LogP contribution is -2.43. The molecule has 3 rings (SSSR count). The molecular weight excluding hydrogens is 406 g/mol. The molecule has 2 heterocycles. The number of aliphatic carboxylic acids is 1. The number of fused-ring (bicyclic) bond motifs is 1. The average molecular weight is 440 g/mol. The van der Waals surface area contributed by atoms with Gasteiger partial charge in [-0.2, -0.15) is 0 Å². The molecule has 0 saturated carbocycles. The van der Waals surface area contributed by atoms with Gasteiger partial charge in [0.2, 0.25) is 5.91 Å². The van der Waals surface area contributed by atoms with Gasteiger partial charge in [-0.1, -0.05) is 36.4 Å². The minimum Gasteiger partial charge on any atom is -0.480 e. The third kappa shape index (κ3) is 7.05. The van der Waals surface area contributed by atoms with E-state index in [2.05, 4.69) is 22.8 Å². The lowest BCUT2D eigenvalue weighted by atomic mass is 10.00. The molecule has 3 N–H and O–H groups in total. The van der Waals surface area contributed by atoms with Gasteiger partial charge in [0.05, 0.1) is 5.92 Å². The number of nitrogens with one attached hydrogen (secondary N) is 2. The molecule has 7 nitrogen and oxygen atoms in total. The second-order valence-corrected chi connectivity index (χ2v) is 8.23. The van der Waals surface area contributed by atoms with Crippen LogP contribution in [0.4, 0.5) is 5.82 Å². The highest BCUT2D eigenvalue weighted by Crippen LogP contribution is 2.20. The van der Waals surface area contributed by atoms with Crippen molar-refractivity contribution in [3.8, 4) is 0 Å². The van der Waals surface area contributed by atoms with Gasteiger partial charge in [0, 0.05) is 31.9 Å². The van der Waals surface area contributed by atoms with E-state index in [-0.39, 0.29) is 18.9 Å². The zero-order valence-electron chi connectivity index (χ0n) is 18.7. The van der Waals surface area contributed by atoms with Gasteiger partial charge < -0.3 is 20.5 Å². The molecule has 0 radical (unpaired) electrons. The SMILES string of the molecule is CC(C(=O)NC(CCOCCCCc1ccc2c(n1)NCCC2)C(=O)O)c1ccccc1. The molecule has 0 saturated heterocycles. The second kappa shape index (κ2) is 12.2. The van der Waals surface area contributed by atoms with Gasteiger partial charge in [-0.15, -0.1) is 0 Å². The van der Waals surface area contributed by atoms with Crippen molar-refractivity contribution in [1.29, 1.82) is 0 Å².